The molecule has 1 aliphatic heterocycles. The van der Waals surface area contributed by atoms with Crippen LogP contribution in [0.3, 0.4) is 0 Å². The van der Waals surface area contributed by atoms with Crippen molar-refractivity contribution in [3.05, 3.63) is 0 Å². The molecule has 0 atom stereocenters. The lowest BCUT2D eigenvalue weighted by Gasteiger charge is -2.31. The molecule has 0 aromatic heterocycles. The van der Waals surface area contributed by atoms with Crippen LogP contribution in [0.25, 0.3) is 0 Å². The molecule has 16 heavy (non-hydrogen) atoms. The van der Waals surface area contributed by atoms with Crippen LogP contribution in [-0.4, -0.2) is 36.8 Å². The van der Waals surface area contributed by atoms with E-state index in [1.165, 1.54) is 4.31 Å². The number of hydrogen-bond acceptors (Lipinski definition) is 3. The second-order valence-corrected chi connectivity index (χ2v) is 6.96. The molecule has 5 heteroatoms. The molecule has 0 amide bonds. The minimum absolute atomic E-state index is 0.186. The van der Waals surface area contributed by atoms with Crippen molar-refractivity contribution >= 4 is 15.8 Å². The standard InChI is InChI=1S/C11H19NO3S/c13-10-6-8-12(9-7-10)16(14,15)11-4-2-1-3-5-11/h11H,1-9H2. The second-order valence-electron chi connectivity index (χ2n) is 4.74. The molecule has 92 valence electrons. The minimum Gasteiger partial charge on any atom is -0.300 e. The molecule has 2 rings (SSSR count). The Morgan fingerprint density at radius 2 is 1.56 bits per heavy atom. The predicted molar refractivity (Wildman–Crippen MR) is 61.6 cm³/mol. The third-order valence-electron chi connectivity index (χ3n) is 3.61. The molecule has 1 saturated heterocycles. The van der Waals surface area contributed by atoms with Gasteiger partial charge >= 0.3 is 0 Å². The van der Waals surface area contributed by atoms with Gasteiger partial charge in [-0.05, 0) is 12.8 Å². The van der Waals surface area contributed by atoms with Crippen LogP contribution in [0.1, 0.15) is 44.9 Å². The van der Waals surface area contributed by atoms with E-state index in [4.69, 9.17) is 0 Å². The highest BCUT2D eigenvalue weighted by Crippen LogP contribution is 2.27. The maximum atomic E-state index is 12.3. The van der Waals surface area contributed by atoms with Gasteiger partial charge in [-0.1, -0.05) is 19.3 Å². The van der Waals surface area contributed by atoms with Crippen molar-refractivity contribution in [1.82, 2.24) is 4.31 Å². The maximum Gasteiger partial charge on any atom is 0.217 e. The van der Waals surface area contributed by atoms with E-state index in [0.29, 0.717) is 25.9 Å². The Balaban J connectivity index is 2.03. The first-order valence-corrected chi connectivity index (χ1v) is 7.62. The topological polar surface area (TPSA) is 54.5 Å². The van der Waals surface area contributed by atoms with Crippen molar-refractivity contribution in [2.24, 2.45) is 0 Å². The molecule has 0 bridgehead atoms. The van der Waals surface area contributed by atoms with Gasteiger partial charge in [-0.2, -0.15) is 0 Å². The lowest BCUT2D eigenvalue weighted by molar-refractivity contribution is -0.120. The molecule has 1 aliphatic carbocycles. The summed E-state index contributed by atoms with van der Waals surface area (Å²) in [7, 11) is -3.13. The maximum absolute atomic E-state index is 12.3. The lowest BCUT2D eigenvalue weighted by Crippen LogP contribution is -2.44. The van der Waals surface area contributed by atoms with Gasteiger partial charge in [0.25, 0.3) is 0 Å². The number of nitrogens with zero attached hydrogens (tertiary/aromatic N) is 1. The van der Waals surface area contributed by atoms with Crippen LogP contribution in [0.2, 0.25) is 0 Å². The van der Waals surface area contributed by atoms with Crippen molar-refractivity contribution in [1.29, 1.82) is 0 Å². The first kappa shape index (κ1) is 12.0. The number of carbonyl (C=O) groups excluding carboxylic acids is 1. The molecule has 4 nitrogen and oxygen atoms in total. The van der Waals surface area contributed by atoms with Crippen LogP contribution < -0.4 is 0 Å². The summed E-state index contributed by atoms with van der Waals surface area (Å²) in [4.78, 5) is 11.1. The third-order valence-corrected chi connectivity index (χ3v) is 6.01. The highest BCUT2D eigenvalue weighted by Gasteiger charge is 2.34. The van der Waals surface area contributed by atoms with Gasteiger partial charge in [0, 0.05) is 25.9 Å². The van der Waals surface area contributed by atoms with Gasteiger partial charge in [-0.25, -0.2) is 12.7 Å². The number of carbonyl (C=O) groups is 1. The molecule has 0 unspecified atom stereocenters. The summed E-state index contributed by atoms with van der Waals surface area (Å²) in [5, 5.41) is -0.186. The Labute approximate surface area is 97.1 Å². The predicted octanol–water partition coefficient (Wildman–Crippen LogP) is 1.31. The summed E-state index contributed by atoms with van der Waals surface area (Å²) < 4.78 is 26.1. The fraction of sp³-hybridized carbons (Fsp3) is 0.909. The van der Waals surface area contributed by atoms with Crippen molar-refractivity contribution in [2.75, 3.05) is 13.1 Å². The number of Topliss-reactive ketones (excluding diaryl/α,β-unsaturated/α-hetero) is 1. The van der Waals surface area contributed by atoms with E-state index in [0.717, 1.165) is 32.1 Å². The third kappa shape index (κ3) is 2.46. The van der Waals surface area contributed by atoms with Gasteiger partial charge in [0.05, 0.1) is 5.25 Å². The van der Waals surface area contributed by atoms with Crippen LogP contribution in [0.15, 0.2) is 0 Å². The summed E-state index contributed by atoms with van der Waals surface area (Å²) in [6, 6.07) is 0. The summed E-state index contributed by atoms with van der Waals surface area (Å²) in [5.74, 6) is 0.190. The zero-order valence-electron chi connectivity index (χ0n) is 9.52. The summed E-state index contributed by atoms with van der Waals surface area (Å²) in [5.41, 5.74) is 0. The Kier molecular flexibility index (Phi) is 3.64. The molecule has 2 fully saturated rings. The molecule has 1 saturated carbocycles. The second kappa shape index (κ2) is 4.84. The Morgan fingerprint density at radius 3 is 2.12 bits per heavy atom. The number of sulfonamides is 1. The van der Waals surface area contributed by atoms with Crippen LogP contribution in [0.4, 0.5) is 0 Å². The van der Waals surface area contributed by atoms with Gasteiger partial charge in [0.1, 0.15) is 5.78 Å². The Bertz CT molecular complexity index is 347. The van der Waals surface area contributed by atoms with Crippen LogP contribution in [0.5, 0.6) is 0 Å². The smallest absolute Gasteiger partial charge is 0.217 e. The molecule has 2 aliphatic rings. The van der Waals surface area contributed by atoms with Gasteiger partial charge in [0.15, 0.2) is 0 Å². The Morgan fingerprint density at radius 1 is 1.00 bits per heavy atom. The van der Waals surface area contributed by atoms with Crippen LogP contribution in [-0.2, 0) is 14.8 Å². The molecule has 0 spiro atoms. The molecule has 0 radical (unpaired) electrons. The molecule has 0 N–H and O–H groups in total. The van der Waals surface area contributed by atoms with Crippen molar-refractivity contribution < 1.29 is 13.2 Å². The zero-order valence-corrected chi connectivity index (χ0v) is 10.3. The Hall–Kier alpha value is -0.420. The first-order chi connectivity index (χ1) is 7.60. The average Bonchev–Trinajstić information content (AvgIpc) is 2.31. The summed E-state index contributed by atoms with van der Waals surface area (Å²) >= 11 is 0. The van der Waals surface area contributed by atoms with Gasteiger partial charge in [-0.15, -0.1) is 0 Å². The first-order valence-electron chi connectivity index (χ1n) is 6.11. The van der Waals surface area contributed by atoms with Gasteiger partial charge in [0.2, 0.25) is 10.0 Å². The van der Waals surface area contributed by atoms with E-state index in [9.17, 15) is 13.2 Å². The summed E-state index contributed by atoms with van der Waals surface area (Å²) in [6.07, 6.45) is 5.59. The van der Waals surface area contributed by atoms with E-state index < -0.39 is 10.0 Å². The number of rotatable bonds is 2. The fourth-order valence-corrected chi connectivity index (χ4v) is 4.61. The number of hydrogen-bond donors (Lipinski definition) is 0. The molecular formula is C11H19NO3S. The number of piperidine rings is 1. The van der Waals surface area contributed by atoms with E-state index >= 15 is 0 Å². The van der Waals surface area contributed by atoms with Crippen LogP contribution >= 0.6 is 0 Å². The van der Waals surface area contributed by atoms with E-state index in [1.807, 2.05) is 0 Å². The fourth-order valence-electron chi connectivity index (χ4n) is 2.56. The van der Waals surface area contributed by atoms with Crippen molar-refractivity contribution in [2.45, 2.75) is 50.2 Å². The van der Waals surface area contributed by atoms with E-state index in [1.54, 1.807) is 0 Å². The lowest BCUT2D eigenvalue weighted by atomic mass is 10.0. The largest absolute Gasteiger partial charge is 0.300 e. The monoisotopic (exact) mass is 245 g/mol. The quantitative estimate of drug-likeness (QED) is 0.737. The highest BCUT2D eigenvalue weighted by molar-refractivity contribution is 7.89. The van der Waals surface area contributed by atoms with E-state index in [-0.39, 0.29) is 11.0 Å². The number of ketones is 1. The van der Waals surface area contributed by atoms with Crippen LogP contribution in [0, 0.1) is 0 Å². The average molecular weight is 245 g/mol. The molecular weight excluding hydrogens is 226 g/mol. The van der Waals surface area contributed by atoms with Crippen molar-refractivity contribution in [3.8, 4) is 0 Å². The SMILES string of the molecule is O=C1CCN(S(=O)(=O)C2CCCCC2)CC1. The van der Waals surface area contributed by atoms with Crippen molar-refractivity contribution in [3.63, 3.8) is 0 Å². The molecule has 1 heterocycles. The summed E-state index contributed by atoms with van der Waals surface area (Å²) in [6.45, 7) is 0.801. The molecule has 0 aromatic carbocycles. The minimum atomic E-state index is -3.13. The van der Waals surface area contributed by atoms with Gasteiger partial charge in [-0.3, -0.25) is 4.79 Å². The molecule has 0 aromatic rings. The normalized spacial score (nSPS) is 25.9. The highest BCUT2D eigenvalue weighted by atomic mass is 32.2. The van der Waals surface area contributed by atoms with E-state index in [2.05, 4.69) is 0 Å². The van der Waals surface area contributed by atoms with Gasteiger partial charge < -0.3 is 0 Å². The zero-order chi connectivity index (χ0) is 11.6.